The molecule has 2 aromatic carbocycles. The van der Waals surface area contributed by atoms with Gasteiger partial charge < -0.3 is 9.73 Å². The smallest absolute Gasteiger partial charge is 0.224 e. The monoisotopic (exact) mass is 293 g/mol. The third-order valence-electron chi connectivity index (χ3n) is 3.70. The summed E-state index contributed by atoms with van der Waals surface area (Å²) >= 11 is 0. The van der Waals surface area contributed by atoms with Gasteiger partial charge in [0.25, 0.3) is 0 Å². The number of carbonyl (C=O) groups excluding carboxylic acids is 1. The molecule has 0 saturated heterocycles. The highest BCUT2D eigenvalue weighted by Crippen LogP contribution is 2.23. The number of hydrogen-bond donors (Lipinski definition) is 1. The maximum absolute atomic E-state index is 11.6. The standard InChI is InChI=1S/C19H19NO2/c1-2-4-19(21)20-16-9-7-14(8-10-16)13-15-5-3-6-18-17(15)11-12-22-18/h3,5-12H,2,4,13H2,1H3,(H,20,21). The Morgan fingerprint density at radius 1 is 1.09 bits per heavy atom. The Hall–Kier alpha value is -2.55. The van der Waals surface area contributed by atoms with Crippen LogP contribution in [0.1, 0.15) is 30.9 Å². The first kappa shape index (κ1) is 14.4. The molecule has 0 fully saturated rings. The maximum atomic E-state index is 11.6. The van der Waals surface area contributed by atoms with Gasteiger partial charge in [0.15, 0.2) is 0 Å². The number of benzene rings is 2. The molecule has 3 aromatic rings. The van der Waals surface area contributed by atoms with E-state index in [0.717, 1.165) is 29.5 Å². The number of fused-ring (bicyclic) bond motifs is 1. The molecule has 0 aliphatic carbocycles. The molecule has 3 heteroatoms. The van der Waals surface area contributed by atoms with Crippen molar-refractivity contribution >= 4 is 22.6 Å². The lowest BCUT2D eigenvalue weighted by Crippen LogP contribution is -2.10. The fourth-order valence-corrected chi connectivity index (χ4v) is 2.59. The lowest BCUT2D eigenvalue weighted by molar-refractivity contribution is -0.116. The zero-order chi connectivity index (χ0) is 15.4. The topological polar surface area (TPSA) is 42.2 Å². The molecule has 0 aliphatic heterocycles. The molecule has 0 spiro atoms. The molecule has 1 N–H and O–H groups in total. The van der Waals surface area contributed by atoms with Gasteiger partial charge in [-0.3, -0.25) is 4.79 Å². The highest BCUT2D eigenvalue weighted by Gasteiger charge is 2.05. The van der Waals surface area contributed by atoms with Crippen LogP contribution in [0.25, 0.3) is 11.0 Å². The number of anilines is 1. The summed E-state index contributed by atoms with van der Waals surface area (Å²) in [5.41, 5.74) is 4.22. The van der Waals surface area contributed by atoms with Crippen LogP contribution in [0.5, 0.6) is 0 Å². The van der Waals surface area contributed by atoms with Crippen LogP contribution in [0, 0.1) is 0 Å². The lowest BCUT2D eigenvalue weighted by Gasteiger charge is -2.07. The van der Waals surface area contributed by atoms with Crippen molar-refractivity contribution in [1.82, 2.24) is 0 Å². The summed E-state index contributed by atoms with van der Waals surface area (Å²) in [4.78, 5) is 11.6. The number of furan rings is 1. The zero-order valence-corrected chi connectivity index (χ0v) is 12.6. The molecule has 1 amide bonds. The zero-order valence-electron chi connectivity index (χ0n) is 12.6. The highest BCUT2D eigenvalue weighted by atomic mass is 16.3. The van der Waals surface area contributed by atoms with E-state index in [-0.39, 0.29) is 5.91 Å². The Morgan fingerprint density at radius 3 is 2.68 bits per heavy atom. The Kier molecular flexibility index (Phi) is 4.24. The van der Waals surface area contributed by atoms with Crippen molar-refractivity contribution in [2.24, 2.45) is 0 Å². The predicted molar refractivity (Wildman–Crippen MR) is 89.0 cm³/mol. The summed E-state index contributed by atoms with van der Waals surface area (Å²) in [6.07, 6.45) is 3.99. The van der Waals surface area contributed by atoms with Gasteiger partial charge in [-0.05, 0) is 48.2 Å². The van der Waals surface area contributed by atoms with Crippen molar-refractivity contribution in [3.05, 3.63) is 65.9 Å². The number of nitrogens with one attached hydrogen (secondary N) is 1. The molecule has 0 aliphatic rings. The Labute approximate surface area is 130 Å². The van der Waals surface area contributed by atoms with Crippen LogP contribution in [0.15, 0.2) is 59.2 Å². The molecule has 3 rings (SSSR count). The van der Waals surface area contributed by atoms with Gasteiger partial charge in [-0.1, -0.05) is 31.2 Å². The molecule has 0 atom stereocenters. The normalized spacial score (nSPS) is 10.8. The largest absolute Gasteiger partial charge is 0.464 e. The average Bonchev–Trinajstić information content (AvgIpc) is 2.99. The van der Waals surface area contributed by atoms with Crippen molar-refractivity contribution in [3.63, 3.8) is 0 Å². The molecule has 0 unspecified atom stereocenters. The van der Waals surface area contributed by atoms with E-state index in [4.69, 9.17) is 4.42 Å². The van der Waals surface area contributed by atoms with Crippen molar-refractivity contribution in [2.45, 2.75) is 26.2 Å². The molecule has 1 aromatic heterocycles. The van der Waals surface area contributed by atoms with Gasteiger partial charge in [-0.15, -0.1) is 0 Å². The van der Waals surface area contributed by atoms with Crippen molar-refractivity contribution in [2.75, 3.05) is 5.32 Å². The number of rotatable bonds is 5. The van der Waals surface area contributed by atoms with E-state index in [1.807, 2.05) is 37.3 Å². The van der Waals surface area contributed by atoms with Crippen LogP contribution in [-0.4, -0.2) is 5.91 Å². The lowest BCUT2D eigenvalue weighted by atomic mass is 10.0. The van der Waals surface area contributed by atoms with Crippen LogP contribution in [0.3, 0.4) is 0 Å². The molecular weight excluding hydrogens is 274 g/mol. The van der Waals surface area contributed by atoms with Gasteiger partial charge in [0.1, 0.15) is 5.58 Å². The summed E-state index contributed by atoms with van der Waals surface area (Å²) < 4.78 is 5.43. The minimum Gasteiger partial charge on any atom is -0.464 e. The maximum Gasteiger partial charge on any atom is 0.224 e. The van der Waals surface area contributed by atoms with Gasteiger partial charge in [0.2, 0.25) is 5.91 Å². The van der Waals surface area contributed by atoms with E-state index in [9.17, 15) is 4.79 Å². The van der Waals surface area contributed by atoms with Crippen molar-refractivity contribution in [1.29, 1.82) is 0 Å². The summed E-state index contributed by atoms with van der Waals surface area (Å²) in [6, 6.07) is 16.1. The van der Waals surface area contributed by atoms with E-state index < -0.39 is 0 Å². The van der Waals surface area contributed by atoms with Crippen molar-refractivity contribution < 1.29 is 9.21 Å². The van der Waals surface area contributed by atoms with Gasteiger partial charge in [-0.2, -0.15) is 0 Å². The van der Waals surface area contributed by atoms with Crippen LogP contribution < -0.4 is 5.32 Å². The van der Waals surface area contributed by atoms with Gasteiger partial charge in [0.05, 0.1) is 6.26 Å². The third kappa shape index (κ3) is 3.19. The van der Waals surface area contributed by atoms with E-state index in [1.54, 1.807) is 6.26 Å². The predicted octanol–water partition coefficient (Wildman–Crippen LogP) is 4.76. The van der Waals surface area contributed by atoms with Crippen LogP contribution in [0.4, 0.5) is 5.69 Å². The molecule has 112 valence electrons. The van der Waals surface area contributed by atoms with E-state index in [0.29, 0.717) is 6.42 Å². The summed E-state index contributed by atoms with van der Waals surface area (Å²) in [6.45, 7) is 2.00. The fourth-order valence-electron chi connectivity index (χ4n) is 2.59. The van der Waals surface area contributed by atoms with Crippen LogP contribution >= 0.6 is 0 Å². The molecule has 22 heavy (non-hydrogen) atoms. The fraction of sp³-hybridized carbons (Fsp3) is 0.211. The minimum absolute atomic E-state index is 0.0680. The van der Waals surface area contributed by atoms with Gasteiger partial charge >= 0.3 is 0 Å². The molecule has 1 heterocycles. The van der Waals surface area contributed by atoms with Gasteiger partial charge in [-0.25, -0.2) is 0 Å². The molecular formula is C19H19NO2. The highest BCUT2D eigenvalue weighted by molar-refractivity contribution is 5.90. The minimum atomic E-state index is 0.0680. The van der Waals surface area contributed by atoms with E-state index >= 15 is 0 Å². The summed E-state index contributed by atoms with van der Waals surface area (Å²) in [5.74, 6) is 0.0680. The number of amides is 1. The molecule has 3 nitrogen and oxygen atoms in total. The van der Waals surface area contributed by atoms with Crippen LogP contribution in [-0.2, 0) is 11.2 Å². The number of hydrogen-bond acceptors (Lipinski definition) is 2. The quantitative estimate of drug-likeness (QED) is 0.736. The Balaban J connectivity index is 1.73. The second-order valence-corrected chi connectivity index (χ2v) is 5.42. The second kappa shape index (κ2) is 6.48. The molecule has 0 bridgehead atoms. The van der Waals surface area contributed by atoms with Crippen LogP contribution in [0.2, 0.25) is 0 Å². The van der Waals surface area contributed by atoms with Gasteiger partial charge in [0, 0.05) is 17.5 Å². The third-order valence-corrected chi connectivity index (χ3v) is 3.70. The second-order valence-electron chi connectivity index (χ2n) is 5.42. The number of carbonyl (C=O) groups is 1. The first-order valence-corrected chi connectivity index (χ1v) is 7.60. The van der Waals surface area contributed by atoms with Crippen molar-refractivity contribution in [3.8, 4) is 0 Å². The first-order chi connectivity index (χ1) is 10.8. The first-order valence-electron chi connectivity index (χ1n) is 7.60. The summed E-state index contributed by atoms with van der Waals surface area (Å²) in [7, 11) is 0. The SMILES string of the molecule is CCCC(=O)Nc1ccc(Cc2cccc3occc23)cc1. The van der Waals surface area contributed by atoms with E-state index in [1.165, 1.54) is 11.1 Å². The Morgan fingerprint density at radius 2 is 1.91 bits per heavy atom. The molecule has 0 saturated carbocycles. The average molecular weight is 293 g/mol. The molecule has 0 radical (unpaired) electrons. The van der Waals surface area contributed by atoms with E-state index in [2.05, 4.69) is 23.5 Å². The summed E-state index contributed by atoms with van der Waals surface area (Å²) in [5, 5.41) is 4.06. The Bertz CT molecular complexity index is 771.